The molecule has 2 rings (SSSR count). The van der Waals surface area contributed by atoms with E-state index in [9.17, 15) is 9.90 Å². The number of halogens is 2. The lowest BCUT2D eigenvalue weighted by molar-refractivity contribution is -0.123. The van der Waals surface area contributed by atoms with Crippen molar-refractivity contribution in [2.75, 3.05) is 6.61 Å². The standard InChI is InChI=1S/C17H16Br2N2O3/c1-10-7-14(18)17(15(19)8-10)24-9-16(23)21-20-11(2)12-3-5-13(22)6-4-12/h3-8,22H,9H2,1-2H3,(H,21,23). The Kier molecular flexibility index (Phi) is 6.39. The molecule has 0 aliphatic carbocycles. The second-order valence-electron chi connectivity index (χ2n) is 5.13. The van der Waals surface area contributed by atoms with Gasteiger partial charge in [0.1, 0.15) is 11.5 Å². The van der Waals surface area contributed by atoms with Crippen LogP contribution in [0, 0.1) is 6.92 Å². The SMILES string of the molecule is CC(=NNC(=O)COc1c(Br)cc(C)cc1Br)c1ccc(O)cc1. The molecule has 0 aliphatic heterocycles. The van der Waals surface area contributed by atoms with Gasteiger partial charge in [0.15, 0.2) is 6.61 Å². The van der Waals surface area contributed by atoms with Gasteiger partial charge >= 0.3 is 0 Å². The Morgan fingerprint density at radius 2 is 1.79 bits per heavy atom. The highest BCUT2D eigenvalue weighted by molar-refractivity contribution is 9.11. The van der Waals surface area contributed by atoms with Crippen LogP contribution in [0.3, 0.4) is 0 Å². The van der Waals surface area contributed by atoms with Crippen molar-refractivity contribution in [2.24, 2.45) is 5.10 Å². The molecule has 2 aromatic carbocycles. The molecular formula is C17H16Br2N2O3. The third-order valence-corrected chi connectivity index (χ3v) is 4.30. The molecule has 5 nitrogen and oxygen atoms in total. The molecule has 0 fully saturated rings. The lowest BCUT2D eigenvalue weighted by atomic mass is 10.1. The molecule has 0 heterocycles. The molecular weight excluding hydrogens is 440 g/mol. The number of aromatic hydroxyl groups is 1. The van der Waals surface area contributed by atoms with E-state index in [-0.39, 0.29) is 18.3 Å². The van der Waals surface area contributed by atoms with Crippen molar-refractivity contribution in [2.45, 2.75) is 13.8 Å². The molecule has 0 saturated heterocycles. The average molecular weight is 456 g/mol. The van der Waals surface area contributed by atoms with Crippen molar-refractivity contribution in [3.63, 3.8) is 0 Å². The van der Waals surface area contributed by atoms with Crippen LogP contribution >= 0.6 is 31.9 Å². The highest BCUT2D eigenvalue weighted by Gasteiger charge is 2.10. The van der Waals surface area contributed by atoms with Crippen molar-refractivity contribution in [1.82, 2.24) is 5.43 Å². The predicted octanol–water partition coefficient (Wildman–Crippen LogP) is 4.14. The summed E-state index contributed by atoms with van der Waals surface area (Å²) in [6, 6.07) is 10.4. The summed E-state index contributed by atoms with van der Waals surface area (Å²) in [6.45, 7) is 3.57. The normalized spacial score (nSPS) is 11.2. The maximum absolute atomic E-state index is 11.9. The van der Waals surface area contributed by atoms with Gasteiger partial charge in [0, 0.05) is 0 Å². The van der Waals surface area contributed by atoms with Gasteiger partial charge in [-0.2, -0.15) is 5.10 Å². The van der Waals surface area contributed by atoms with Crippen LogP contribution in [0.15, 0.2) is 50.4 Å². The van der Waals surface area contributed by atoms with Gasteiger partial charge in [0.05, 0.1) is 14.7 Å². The van der Waals surface area contributed by atoms with Gasteiger partial charge in [-0.3, -0.25) is 4.79 Å². The summed E-state index contributed by atoms with van der Waals surface area (Å²) >= 11 is 6.82. The Bertz CT molecular complexity index is 751. The molecule has 0 bridgehead atoms. The zero-order valence-electron chi connectivity index (χ0n) is 13.1. The summed E-state index contributed by atoms with van der Waals surface area (Å²) in [5.41, 5.74) is 4.95. The third kappa shape index (κ3) is 5.07. The lowest BCUT2D eigenvalue weighted by Gasteiger charge is -2.10. The van der Waals surface area contributed by atoms with Crippen LogP contribution in [0.4, 0.5) is 0 Å². The smallest absolute Gasteiger partial charge is 0.277 e. The molecule has 0 saturated carbocycles. The fourth-order valence-corrected chi connectivity index (χ4v) is 3.55. The number of aryl methyl sites for hydroxylation is 1. The van der Waals surface area contributed by atoms with Crippen LogP contribution in [-0.4, -0.2) is 23.3 Å². The second kappa shape index (κ2) is 8.30. The second-order valence-corrected chi connectivity index (χ2v) is 6.83. The Hall–Kier alpha value is -1.86. The van der Waals surface area contributed by atoms with E-state index in [1.54, 1.807) is 31.2 Å². The number of amides is 1. The van der Waals surface area contributed by atoms with Gasteiger partial charge in [-0.05, 0) is 93.2 Å². The van der Waals surface area contributed by atoms with E-state index >= 15 is 0 Å². The van der Waals surface area contributed by atoms with Crippen molar-refractivity contribution in [3.05, 3.63) is 56.5 Å². The minimum absolute atomic E-state index is 0.160. The van der Waals surface area contributed by atoms with Crippen LogP contribution in [0.2, 0.25) is 0 Å². The first kappa shape index (κ1) is 18.5. The Morgan fingerprint density at radius 3 is 2.38 bits per heavy atom. The molecule has 2 aromatic rings. The average Bonchev–Trinajstić information content (AvgIpc) is 2.52. The number of rotatable bonds is 5. The van der Waals surface area contributed by atoms with E-state index in [0.717, 1.165) is 20.1 Å². The molecule has 0 aromatic heterocycles. The monoisotopic (exact) mass is 454 g/mol. The molecule has 126 valence electrons. The lowest BCUT2D eigenvalue weighted by Crippen LogP contribution is -2.25. The predicted molar refractivity (Wildman–Crippen MR) is 101 cm³/mol. The molecule has 7 heteroatoms. The number of hydrogen-bond donors (Lipinski definition) is 2. The van der Waals surface area contributed by atoms with Gasteiger partial charge in [-0.1, -0.05) is 0 Å². The maximum Gasteiger partial charge on any atom is 0.277 e. The zero-order chi connectivity index (χ0) is 17.7. The van der Waals surface area contributed by atoms with Gasteiger partial charge in [0.2, 0.25) is 0 Å². The topological polar surface area (TPSA) is 70.9 Å². The van der Waals surface area contributed by atoms with E-state index in [1.807, 2.05) is 19.1 Å². The molecule has 1 amide bonds. The Morgan fingerprint density at radius 1 is 1.21 bits per heavy atom. The van der Waals surface area contributed by atoms with Crippen LogP contribution in [-0.2, 0) is 4.79 Å². The summed E-state index contributed by atoms with van der Waals surface area (Å²) in [7, 11) is 0. The van der Waals surface area contributed by atoms with Gasteiger partial charge in [-0.15, -0.1) is 0 Å². The van der Waals surface area contributed by atoms with Crippen molar-refractivity contribution >= 4 is 43.5 Å². The van der Waals surface area contributed by atoms with Crippen molar-refractivity contribution in [3.8, 4) is 11.5 Å². The maximum atomic E-state index is 11.9. The number of phenols is 1. The molecule has 0 unspecified atom stereocenters. The molecule has 2 N–H and O–H groups in total. The van der Waals surface area contributed by atoms with Crippen LogP contribution in [0.1, 0.15) is 18.1 Å². The van der Waals surface area contributed by atoms with E-state index in [1.165, 1.54) is 0 Å². The number of carbonyl (C=O) groups is 1. The van der Waals surface area contributed by atoms with E-state index < -0.39 is 0 Å². The summed E-state index contributed by atoms with van der Waals surface area (Å²) in [6.07, 6.45) is 0. The Balaban J connectivity index is 1.94. The molecule has 0 radical (unpaired) electrons. The summed E-state index contributed by atoms with van der Waals surface area (Å²) in [5, 5.41) is 13.3. The number of nitrogens with zero attached hydrogens (tertiary/aromatic N) is 1. The Labute approximate surface area is 157 Å². The highest BCUT2D eigenvalue weighted by atomic mass is 79.9. The van der Waals surface area contributed by atoms with Gasteiger partial charge < -0.3 is 9.84 Å². The van der Waals surface area contributed by atoms with E-state index in [2.05, 4.69) is 42.4 Å². The third-order valence-electron chi connectivity index (χ3n) is 3.12. The van der Waals surface area contributed by atoms with Crippen LogP contribution in [0.25, 0.3) is 0 Å². The van der Waals surface area contributed by atoms with Gasteiger partial charge in [-0.25, -0.2) is 5.43 Å². The number of ether oxygens (including phenoxy) is 1. The summed E-state index contributed by atoms with van der Waals surface area (Å²) in [4.78, 5) is 11.9. The molecule has 0 spiro atoms. The summed E-state index contributed by atoms with van der Waals surface area (Å²) < 4.78 is 7.07. The highest BCUT2D eigenvalue weighted by Crippen LogP contribution is 2.34. The largest absolute Gasteiger partial charge is 0.508 e. The number of hydrogen-bond acceptors (Lipinski definition) is 4. The molecule has 24 heavy (non-hydrogen) atoms. The van der Waals surface area contributed by atoms with Crippen molar-refractivity contribution in [1.29, 1.82) is 0 Å². The minimum Gasteiger partial charge on any atom is -0.508 e. The number of benzene rings is 2. The molecule has 0 aliphatic rings. The van der Waals surface area contributed by atoms with Crippen molar-refractivity contribution < 1.29 is 14.6 Å². The van der Waals surface area contributed by atoms with Crippen LogP contribution < -0.4 is 10.2 Å². The van der Waals surface area contributed by atoms with E-state index in [0.29, 0.717) is 11.5 Å². The first-order chi connectivity index (χ1) is 11.4. The fraction of sp³-hybridized carbons (Fsp3) is 0.176. The first-order valence-electron chi connectivity index (χ1n) is 7.08. The quantitative estimate of drug-likeness (QED) is 0.525. The summed E-state index contributed by atoms with van der Waals surface area (Å²) in [5.74, 6) is 0.376. The fourth-order valence-electron chi connectivity index (χ4n) is 1.91. The number of carbonyl (C=O) groups excluding carboxylic acids is 1. The van der Waals surface area contributed by atoms with E-state index in [4.69, 9.17) is 4.74 Å². The number of phenolic OH excluding ortho intramolecular Hbond substituents is 1. The van der Waals surface area contributed by atoms with Gasteiger partial charge in [0.25, 0.3) is 5.91 Å². The number of hydrazone groups is 1. The molecule has 0 atom stereocenters. The zero-order valence-corrected chi connectivity index (χ0v) is 16.3. The minimum atomic E-state index is -0.368. The van der Waals surface area contributed by atoms with Crippen LogP contribution in [0.5, 0.6) is 11.5 Å². The first-order valence-corrected chi connectivity index (χ1v) is 8.66. The number of nitrogens with one attached hydrogen (secondary N) is 1.